The highest BCUT2D eigenvalue weighted by atomic mass is 35.5. The van der Waals surface area contributed by atoms with Gasteiger partial charge < -0.3 is 9.39 Å². The smallest absolute Gasteiger partial charge is 0.322 e. The molecule has 0 unspecified atom stereocenters. The van der Waals surface area contributed by atoms with E-state index in [4.69, 9.17) is 21.0 Å². The van der Waals surface area contributed by atoms with E-state index in [0.717, 1.165) is 0 Å². The summed E-state index contributed by atoms with van der Waals surface area (Å²) in [5, 5.41) is 0.232. The van der Waals surface area contributed by atoms with E-state index in [-0.39, 0.29) is 16.5 Å². The molecule has 1 aromatic rings. The number of hydrogen-bond donors (Lipinski definition) is 0. The quantitative estimate of drug-likeness (QED) is 0.654. The zero-order chi connectivity index (χ0) is 9.14. The summed E-state index contributed by atoms with van der Waals surface area (Å²) in [5.41, 5.74) is 0. The summed E-state index contributed by atoms with van der Waals surface area (Å²) in [6.45, 7) is 0. The molecule has 1 rings (SSSR count). The van der Waals surface area contributed by atoms with Crippen LogP contribution in [-0.4, -0.2) is 15.2 Å². The van der Waals surface area contributed by atoms with Crippen molar-refractivity contribution in [2.24, 2.45) is 0 Å². The molecule has 0 heterocycles. The molecule has 0 saturated heterocycles. The first-order chi connectivity index (χ1) is 5.70. The van der Waals surface area contributed by atoms with Crippen LogP contribution in [0.15, 0.2) is 12.1 Å². The Bertz CT molecular complexity index is 293. The molecule has 0 radical (unpaired) electrons. The largest absolute Gasteiger partial charge is 0.566 e. The molecule has 0 atom stereocenters. The van der Waals surface area contributed by atoms with Crippen LogP contribution in [0, 0.1) is 5.82 Å². The van der Waals surface area contributed by atoms with E-state index in [1.807, 2.05) is 0 Å². The molecule has 12 heavy (non-hydrogen) atoms. The minimum Gasteiger partial charge on any atom is -0.566 e. The summed E-state index contributed by atoms with van der Waals surface area (Å²) in [6, 6.07) is 2.96. The van der Waals surface area contributed by atoms with Crippen LogP contribution in [0.2, 0.25) is 5.02 Å². The molecule has 0 aromatic heterocycles. The van der Waals surface area contributed by atoms with E-state index in [2.05, 4.69) is 0 Å². The lowest BCUT2D eigenvalue weighted by Gasteiger charge is -2.07. The topological polar surface area (TPSA) is 18.5 Å². The third-order valence-corrected chi connectivity index (χ3v) is 1.74. The van der Waals surface area contributed by atoms with Crippen molar-refractivity contribution in [3.05, 3.63) is 23.0 Å². The first-order valence-corrected chi connectivity index (χ1v) is 3.64. The Kier molecular flexibility index (Phi) is 2.81. The van der Waals surface area contributed by atoms with E-state index < -0.39 is 5.82 Å². The second-order valence-electron chi connectivity index (χ2n) is 2.10. The molecular weight excluding hydrogens is 181 g/mol. The molecule has 0 aliphatic carbocycles. The van der Waals surface area contributed by atoms with Crippen molar-refractivity contribution in [3.63, 3.8) is 0 Å². The summed E-state index contributed by atoms with van der Waals surface area (Å²) >= 11 is 5.64. The van der Waals surface area contributed by atoms with Gasteiger partial charge in [0.05, 0.1) is 12.1 Å². The SMILES string of the molecule is BOc1ccc(Cl)c(OC)c1F. The van der Waals surface area contributed by atoms with Gasteiger partial charge in [-0.25, -0.2) is 0 Å². The second kappa shape index (κ2) is 3.67. The first-order valence-electron chi connectivity index (χ1n) is 3.26. The van der Waals surface area contributed by atoms with Crippen LogP contribution in [0.25, 0.3) is 0 Å². The minimum absolute atomic E-state index is 0.0102. The second-order valence-corrected chi connectivity index (χ2v) is 2.50. The number of methoxy groups -OCH3 is 1. The molecule has 0 fully saturated rings. The van der Waals surface area contributed by atoms with Crippen LogP contribution in [0.1, 0.15) is 0 Å². The molecule has 0 N–H and O–H groups in total. The molecule has 64 valence electrons. The van der Waals surface area contributed by atoms with E-state index in [9.17, 15) is 4.39 Å². The van der Waals surface area contributed by atoms with Gasteiger partial charge in [-0.2, -0.15) is 4.39 Å². The Morgan fingerprint density at radius 1 is 1.50 bits per heavy atom. The lowest BCUT2D eigenvalue weighted by molar-refractivity contribution is 0.378. The summed E-state index contributed by atoms with van der Waals surface area (Å²) in [7, 11) is 2.73. The van der Waals surface area contributed by atoms with Gasteiger partial charge >= 0.3 is 8.05 Å². The molecule has 0 bridgehead atoms. The molecule has 0 aliphatic heterocycles. The third-order valence-electron chi connectivity index (χ3n) is 1.44. The lowest BCUT2D eigenvalue weighted by atomic mass is 10.3. The summed E-state index contributed by atoms with van der Waals surface area (Å²) in [6.07, 6.45) is 0. The van der Waals surface area contributed by atoms with Gasteiger partial charge in [-0.3, -0.25) is 0 Å². The monoisotopic (exact) mass is 188 g/mol. The van der Waals surface area contributed by atoms with Crippen LogP contribution in [0.3, 0.4) is 0 Å². The van der Waals surface area contributed by atoms with Crippen molar-refractivity contribution in [2.45, 2.75) is 0 Å². The number of benzene rings is 1. The third kappa shape index (κ3) is 1.48. The first kappa shape index (κ1) is 9.19. The zero-order valence-corrected chi connectivity index (χ0v) is 7.48. The average molecular weight is 188 g/mol. The molecule has 0 spiro atoms. The molecule has 2 nitrogen and oxygen atoms in total. The van der Waals surface area contributed by atoms with Gasteiger partial charge in [0.1, 0.15) is 5.75 Å². The maximum Gasteiger partial charge on any atom is 0.322 e. The number of hydrogen-bond acceptors (Lipinski definition) is 2. The van der Waals surface area contributed by atoms with Crippen molar-refractivity contribution < 1.29 is 13.8 Å². The summed E-state index contributed by atoms with van der Waals surface area (Å²) < 4.78 is 22.7. The Morgan fingerprint density at radius 2 is 2.17 bits per heavy atom. The number of ether oxygens (including phenoxy) is 1. The van der Waals surface area contributed by atoms with Gasteiger partial charge in [0.15, 0.2) is 5.75 Å². The van der Waals surface area contributed by atoms with Gasteiger partial charge in [-0.15, -0.1) is 0 Å². The van der Waals surface area contributed by atoms with Gasteiger partial charge in [-0.05, 0) is 12.1 Å². The fourth-order valence-electron chi connectivity index (χ4n) is 0.859. The van der Waals surface area contributed by atoms with Crippen LogP contribution in [-0.2, 0) is 0 Å². The highest BCUT2D eigenvalue weighted by molar-refractivity contribution is 6.32. The molecular formula is C7H7BClFO2. The molecule has 1 aromatic carbocycles. The Hall–Kier alpha value is -0.895. The van der Waals surface area contributed by atoms with Crippen molar-refractivity contribution in [1.29, 1.82) is 0 Å². The van der Waals surface area contributed by atoms with Crippen molar-refractivity contribution in [3.8, 4) is 11.5 Å². The summed E-state index contributed by atoms with van der Waals surface area (Å²) in [5.74, 6) is -0.445. The molecule has 5 heteroatoms. The van der Waals surface area contributed by atoms with Gasteiger partial charge in [0, 0.05) is 0 Å². The van der Waals surface area contributed by atoms with Gasteiger partial charge in [-0.1, -0.05) is 11.6 Å². The maximum atomic E-state index is 13.2. The zero-order valence-electron chi connectivity index (χ0n) is 6.73. The van der Waals surface area contributed by atoms with Crippen LogP contribution in [0.4, 0.5) is 4.39 Å². The maximum absolute atomic E-state index is 13.2. The van der Waals surface area contributed by atoms with Crippen molar-refractivity contribution in [1.82, 2.24) is 0 Å². The highest BCUT2D eigenvalue weighted by Gasteiger charge is 2.12. The normalized spacial score (nSPS) is 9.58. The number of halogens is 2. The predicted octanol–water partition coefficient (Wildman–Crippen LogP) is 1.41. The minimum atomic E-state index is -0.576. The van der Waals surface area contributed by atoms with Crippen molar-refractivity contribution in [2.75, 3.05) is 7.11 Å². The van der Waals surface area contributed by atoms with E-state index >= 15 is 0 Å². The summed E-state index contributed by atoms with van der Waals surface area (Å²) in [4.78, 5) is 0. The molecule has 0 amide bonds. The van der Waals surface area contributed by atoms with Gasteiger partial charge in [0.25, 0.3) is 0 Å². The molecule has 0 saturated carbocycles. The standard InChI is InChI=1S/C7H7BClFO2/c1-11-7-4(9)2-3-5(12-8)6(7)10/h2-3H,8H2,1H3. The van der Waals surface area contributed by atoms with Crippen molar-refractivity contribution >= 4 is 19.7 Å². The Morgan fingerprint density at radius 3 is 2.67 bits per heavy atom. The van der Waals surface area contributed by atoms with Gasteiger partial charge in [0.2, 0.25) is 5.82 Å². The van der Waals surface area contributed by atoms with E-state index in [1.54, 1.807) is 0 Å². The van der Waals surface area contributed by atoms with E-state index in [0.29, 0.717) is 0 Å². The van der Waals surface area contributed by atoms with E-state index in [1.165, 1.54) is 27.3 Å². The Balaban J connectivity index is 3.24. The van der Waals surface area contributed by atoms with Crippen LogP contribution < -0.4 is 9.39 Å². The predicted molar refractivity (Wildman–Crippen MR) is 47.1 cm³/mol. The fraction of sp³-hybridized carbons (Fsp3) is 0.143. The average Bonchev–Trinajstić information content (AvgIpc) is 2.06. The number of rotatable bonds is 2. The Labute approximate surface area is 75.7 Å². The lowest BCUT2D eigenvalue weighted by Crippen LogP contribution is -1.94. The highest BCUT2D eigenvalue weighted by Crippen LogP contribution is 2.33. The van der Waals surface area contributed by atoms with Crippen LogP contribution >= 0.6 is 11.6 Å². The molecule has 0 aliphatic rings. The fourth-order valence-corrected chi connectivity index (χ4v) is 1.08. The van der Waals surface area contributed by atoms with Crippen LogP contribution in [0.5, 0.6) is 11.5 Å².